The standard InChI is InChI=1S/C19H30N4O4S.HI/c1-4-26-17-11-15-10-14(2)27-18(15)12-16(17)13-22-19(20-3)21-6-8-23-7-5-9-28(23,24)25;/h11-12,14H,4-10,13H2,1-3H3,(H2,20,21,22);1H. The van der Waals surface area contributed by atoms with Crippen molar-refractivity contribution in [3.8, 4) is 11.5 Å². The number of hydrogen-bond donors (Lipinski definition) is 2. The molecule has 8 nitrogen and oxygen atoms in total. The van der Waals surface area contributed by atoms with Crippen molar-refractivity contribution >= 4 is 40.0 Å². The first-order chi connectivity index (χ1) is 13.4. The highest BCUT2D eigenvalue weighted by Crippen LogP contribution is 2.35. The predicted octanol–water partition coefficient (Wildman–Crippen LogP) is 1.73. The van der Waals surface area contributed by atoms with Crippen LogP contribution >= 0.6 is 24.0 Å². The SMILES string of the molecule is CCOc1cc2c(cc1CNC(=NC)NCCN1CCCS1(=O)=O)OC(C)C2.I. The van der Waals surface area contributed by atoms with E-state index in [4.69, 9.17) is 9.47 Å². The number of hydrogen-bond acceptors (Lipinski definition) is 5. The fourth-order valence-corrected chi connectivity index (χ4v) is 5.08. The molecule has 1 unspecified atom stereocenters. The predicted molar refractivity (Wildman–Crippen MR) is 125 cm³/mol. The maximum atomic E-state index is 11.9. The quantitative estimate of drug-likeness (QED) is 0.312. The summed E-state index contributed by atoms with van der Waals surface area (Å²) in [6.07, 6.45) is 1.78. The fraction of sp³-hybridized carbons (Fsp3) is 0.632. The topological polar surface area (TPSA) is 92.3 Å². The van der Waals surface area contributed by atoms with E-state index in [2.05, 4.69) is 28.6 Å². The van der Waals surface area contributed by atoms with E-state index < -0.39 is 10.0 Å². The van der Waals surface area contributed by atoms with E-state index in [1.807, 2.05) is 13.0 Å². The minimum absolute atomic E-state index is 0. The van der Waals surface area contributed by atoms with Gasteiger partial charge in [-0.15, -0.1) is 24.0 Å². The van der Waals surface area contributed by atoms with Gasteiger partial charge in [-0.2, -0.15) is 0 Å². The van der Waals surface area contributed by atoms with Crippen LogP contribution in [0.3, 0.4) is 0 Å². The Bertz CT molecular complexity index is 832. The van der Waals surface area contributed by atoms with Crippen LogP contribution in [-0.4, -0.2) is 63.8 Å². The summed E-state index contributed by atoms with van der Waals surface area (Å²) < 4.78 is 36.9. The summed E-state index contributed by atoms with van der Waals surface area (Å²) in [6.45, 7) is 6.70. The molecule has 0 aromatic heterocycles. The molecule has 2 heterocycles. The molecule has 0 amide bonds. The first-order valence-corrected chi connectivity index (χ1v) is 11.4. The van der Waals surface area contributed by atoms with E-state index >= 15 is 0 Å². The Kier molecular flexibility index (Phi) is 8.83. The van der Waals surface area contributed by atoms with Crippen LogP contribution in [-0.2, 0) is 23.0 Å². The van der Waals surface area contributed by atoms with Gasteiger partial charge in [0.15, 0.2) is 5.96 Å². The van der Waals surface area contributed by atoms with Gasteiger partial charge in [-0.25, -0.2) is 12.7 Å². The Hall–Kier alpha value is -1.27. The molecular formula is C19H31IN4O4S. The second-order valence-corrected chi connectivity index (χ2v) is 9.14. The molecule has 0 bridgehead atoms. The zero-order valence-corrected chi connectivity index (χ0v) is 20.4. The summed E-state index contributed by atoms with van der Waals surface area (Å²) >= 11 is 0. The van der Waals surface area contributed by atoms with Crippen molar-refractivity contribution in [2.75, 3.05) is 39.0 Å². The third kappa shape index (κ3) is 6.11. The molecule has 0 saturated carbocycles. The van der Waals surface area contributed by atoms with Crippen LogP contribution in [0.4, 0.5) is 0 Å². The number of halogens is 1. The van der Waals surface area contributed by atoms with Crippen LogP contribution < -0.4 is 20.1 Å². The van der Waals surface area contributed by atoms with Gasteiger partial charge in [0, 0.05) is 50.8 Å². The molecule has 1 aromatic rings. The highest BCUT2D eigenvalue weighted by molar-refractivity contribution is 14.0. The second-order valence-electron chi connectivity index (χ2n) is 7.05. The lowest BCUT2D eigenvalue weighted by molar-refractivity contribution is 0.254. The van der Waals surface area contributed by atoms with Crippen molar-refractivity contribution in [2.45, 2.75) is 39.3 Å². The minimum atomic E-state index is -3.07. The third-order valence-electron chi connectivity index (χ3n) is 4.91. The summed E-state index contributed by atoms with van der Waals surface area (Å²) in [6, 6.07) is 4.09. The lowest BCUT2D eigenvalue weighted by Crippen LogP contribution is -2.41. The molecule has 2 N–H and O–H groups in total. The molecule has 0 spiro atoms. The van der Waals surface area contributed by atoms with E-state index in [9.17, 15) is 8.42 Å². The van der Waals surface area contributed by atoms with Crippen molar-refractivity contribution in [1.82, 2.24) is 14.9 Å². The lowest BCUT2D eigenvalue weighted by atomic mass is 10.1. The molecule has 29 heavy (non-hydrogen) atoms. The summed E-state index contributed by atoms with van der Waals surface area (Å²) in [7, 11) is -1.37. The molecule has 0 radical (unpaired) electrons. The molecule has 2 aliphatic heterocycles. The second kappa shape index (κ2) is 10.7. The van der Waals surface area contributed by atoms with Crippen molar-refractivity contribution in [3.63, 3.8) is 0 Å². The van der Waals surface area contributed by atoms with Crippen molar-refractivity contribution < 1.29 is 17.9 Å². The highest BCUT2D eigenvalue weighted by atomic mass is 127. The number of aliphatic imine (C=N–C) groups is 1. The Morgan fingerprint density at radius 1 is 1.38 bits per heavy atom. The fourth-order valence-electron chi connectivity index (χ4n) is 3.55. The van der Waals surface area contributed by atoms with Gasteiger partial charge in [-0.3, -0.25) is 4.99 Å². The van der Waals surface area contributed by atoms with E-state index in [0.717, 1.165) is 23.5 Å². The molecule has 1 fully saturated rings. The van der Waals surface area contributed by atoms with Gasteiger partial charge in [-0.05, 0) is 32.4 Å². The van der Waals surface area contributed by atoms with Gasteiger partial charge >= 0.3 is 0 Å². The first kappa shape index (κ1) is 24.0. The molecule has 1 saturated heterocycles. The number of fused-ring (bicyclic) bond motifs is 1. The third-order valence-corrected chi connectivity index (χ3v) is 6.86. The van der Waals surface area contributed by atoms with Gasteiger partial charge in [0.2, 0.25) is 10.0 Å². The summed E-state index contributed by atoms with van der Waals surface area (Å²) in [5, 5.41) is 6.44. The average Bonchev–Trinajstić information content (AvgIpc) is 3.18. The summed E-state index contributed by atoms with van der Waals surface area (Å²) in [5.41, 5.74) is 2.17. The Labute approximate surface area is 190 Å². The van der Waals surface area contributed by atoms with Crippen LogP contribution in [0.25, 0.3) is 0 Å². The molecule has 0 aliphatic carbocycles. The largest absolute Gasteiger partial charge is 0.494 e. The zero-order chi connectivity index (χ0) is 20.1. The average molecular weight is 538 g/mol. The molecule has 3 rings (SSSR count). The number of guanidine groups is 1. The van der Waals surface area contributed by atoms with Crippen LogP contribution in [0.5, 0.6) is 11.5 Å². The minimum Gasteiger partial charge on any atom is -0.494 e. The number of benzene rings is 1. The normalized spacial score (nSPS) is 20.5. The lowest BCUT2D eigenvalue weighted by Gasteiger charge is -2.17. The van der Waals surface area contributed by atoms with Crippen LogP contribution in [0.15, 0.2) is 17.1 Å². The Morgan fingerprint density at radius 2 is 2.17 bits per heavy atom. The Morgan fingerprint density at radius 3 is 2.83 bits per heavy atom. The van der Waals surface area contributed by atoms with E-state index in [-0.39, 0.29) is 35.8 Å². The highest BCUT2D eigenvalue weighted by Gasteiger charge is 2.27. The number of nitrogens with zero attached hydrogens (tertiary/aromatic N) is 2. The molecule has 2 aliphatic rings. The molecule has 10 heteroatoms. The van der Waals surface area contributed by atoms with Crippen LogP contribution in [0.1, 0.15) is 31.4 Å². The smallest absolute Gasteiger partial charge is 0.214 e. The van der Waals surface area contributed by atoms with Gasteiger partial charge < -0.3 is 20.1 Å². The molecular weight excluding hydrogens is 507 g/mol. The number of rotatable bonds is 7. The monoisotopic (exact) mass is 538 g/mol. The van der Waals surface area contributed by atoms with Crippen LogP contribution in [0.2, 0.25) is 0 Å². The summed E-state index contributed by atoms with van der Waals surface area (Å²) in [4.78, 5) is 4.22. The molecule has 1 atom stereocenters. The van der Waals surface area contributed by atoms with Crippen LogP contribution in [0, 0.1) is 0 Å². The number of ether oxygens (including phenoxy) is 2. The van der Waals surface area contributed by atoms with Gasteiger partial charge in [0.25, 0.3) is 0 Å². The number of nitrogens with one attached hydrogen (secondary N) is 2. The molecule has 1 aromatic carbocycles. The summed E-state index contributed by atoms with van der Waals surface area (Å²) in [5.74, 6) is 2.63. The van der Waals surface area contributed by atoms with E-state index in [1.54, 1.807) is 7.05 Å². The van der Waals surface area contributed by atoms with Gasteiger partial charge in [0.05, 0.1) is 12.4 Å². The van der Waals surface area contributed by atoms with Gasteiger partial charge in [0.1, 0.15) is 17.6 Å². The maximum Gasteiger partial charge on any atom is 0.214 e. The van der Waals surface area contributed by atoms with E-state index in [1.165, 1.54) is 9.87 Å². The first-order valence-electron chi connectivity index (χ1n) is 9.80. The van der Waals surface area contributed by atoms with Gasteiger partial charge in [-0.1, -0.05) is 0 Å². The Balaban J connectivity index is 0.00000300. The zero-order valence-electron chi connectivity index (χ0n) is 17.2. The van der Waals surface area contributed by atoms with Crippen molar-refractivity contribution in [3.05, 3.63) is 23.3 Å². The molecule has 164 valence electrons. The maximum absolute atomic E-state index is 11.9. The van der Waals surface area contributed by atoms with Crippen molar-refractivity contribution in [1.29, 1.82) is 0 Å². The number of sulfonamides is 1. The van der Waals surface area contributed by atoms with Crippen molar-refractivity contribution in [2.24, 2.45) is 4.99 Å². The van der Waals surface area contributed by atoms with E-state index in [0.29, 0.717) is 45.2 Å².